The zero-order valence-corrected chi connectivity index (χ0v) is 11.9. The molecular weight excluding hydrogens is 256 g/mol. The standard InChI is InChI=1S/C16H22O4/c1-20-15-9-14(11-5-3-2-4-6-11)13(10-17)7-12(15)8-16(18)19/h7,9,11,17H,2-6,8,10H2,1H3,(H,18,19). The fourth-order valence-electron chi connectivity index (χ4n) is 3.11. The zero-order valence-electron chi connectivity index (χ0n) is 11.9. The maximum atomic E-state index is 10.9. The van der Waals surface area contributed by atoms with E-state index in [1.165, 1.54) is 19.3 Å². The molecule has 4 heteroatoms. The molecular formula is C16H22O4. The number of hydrogen-bond donors (Lipinski definition) is 2. The Hall–Kier alpha value is -1.55. The molecule has 0 amide bonds. The van der Waals surface area contributed by atoms with Crippen molar-refractivity contribution in [2.75, 3.05) is 7.11 Å². The maximum Gasteiger partial charge on any atom is 0.307 e. The first-order valence-corrected chi connectivity index (χ1v) is 7.18. The van der Waals surface area contributed by atoms with Gasteiger partial charge in [-0.2, -0.15) is 0 Å². The van der Waals surface area contributed by atoms with Crippen LogP contribution in [0.15, 0.2) is 12.1 Å². The molecule has 2 N–H and O–H groups in total. The zero-order chi connectivity index (χ0) is 14.5. The highest BCUT2D eigenvalue weighted by atomic mass is 16.5. The van der Waals surface area contributed by atoms with Gasteiger partial charge in [0.05, 0.1) is 20.1 Å². The number of aliphatic hydroxyl groups is 1. The van der Waals surface area contributed by atoms with Crippen molar-refractivity contribution in [1.82, 2.24) is 0 Å². The summed E-state index contributed by atoms with van der Waals surface area (Å²) in [4.78, 5) is 10.9. The fourth-order valence-corrected chi connectivity index (χ4v) is 3.11. The van der Waals surface area contributed by atoms with E-state index in [0.29, 0.717) is 17.2 Å². The Morgan fingerprint density at radius 3 is 2.50 bits per heavy atom. The lowest BCUT2D eigenvalue weighted by Gasteiger charge is -2.25. The molecule has 1 aliphatic carbocycles. The van der Waals surface area contributed by atoms with Crippen LogP contribution >= 0.6 is 0 Å². The van der Waals surface area contributed by atoms with E-state index < -0.39 is 5.97 Å². The summed E-state index contributed by atoms with van der Waals surface area (Å²) < 4.78 is 5.33. The van der Waals surface area contributed by atoms with E-state index in [4.69, 9.17) is 9.84 Å². The van der Waals surface area contributed by atoms with Crippen molar-refractivity contribution in [2.45, 2.75) is 51.0 Å². The Morgan fingerprint density at radius 2 is 1.95 bits per heavy atom. The van der Waals surface area contributed by atoms with Gasteiger partial charge in [-0.3, -0.25) is 4.79 Å². The van der Waals surface area contributed by atoms with Gasteiger partial charge in [0.2, 0.25) is 0 Å². The van der Waals surface area contributed by atoms with Gasteiger partial charge in [-0.25, -0.2) is 0 Å². The first kappa shape index (κ1) is 14.9. The Morgan fingerprint density at radius 1 is 1.25 bits per heavy atom. The highest BCUT2D eigenvalue weighted by Crippen LogP contribution is 2.37. The lowest BCUT2D eigenvalue weighted by atomic mass is 9.81. The van der Waals surface area contributed by atoms with Gasteiger partial charge in [-0.05, 0) is 42.0 Å². The lowest BCUT2D eigenvalue weighted by molar-refractivity contribution is -0.136. The van der Waals surface area contributed by atoms with Crippen LogP contribution in [0.25, 0.3) is 0 Å². The van der Waals surface area contributed by atoms with Crippen molar-refractivity contribution < 1.29 is 19.7 Å². The number of rotatable bonds is 5. The SMILES string of the molecule is COc1cc(C2CCCCC2)c(CO)cc1CC(=O)O. The third kappa shape index (κ3) is 3.31. The molecule has 1 saturated carbocycles. The summed E-state index contributed by atoms with van der Waals surface area (Å²) in [6, 6.07) is 3.72. The molecule has 0 radical (unpaired) electrons. The molecule has 110 valence electrons. The molecule has 4 nitrogen and oxygen atoms in total. The van der Waals surface area contributed by atoms with Crippen LogP contribution in [-0.2, 0) is 17.8 Å². The number of methoxy groups -OCH3 is 1. The van der Waals surface area contributed by atoms with Gasteiger partial charge in [-0.1, -0.05) is 19.3 Å². The van der Waals surface area contributed by atoms with Crippen LogP contribution in [-0.4, -0.2) is 23.3 Å². The predicted molar refractivity (Wildman–Crippen MR) is 76.1 cm³/mol. The summed E-state index contributed by atoms with van der Waals surface area (Å²) in [5.74, 6) is 0.182. The summed E-state index contributed by atoms with van der Waals surface area (Å²) in [7, 11) is 1.56. The molecule has 0 unspecified atom stereocenters. The van der Waals surface area contributed by atoms with Gasteiger partial charge in [0, 0.05) is 5.56 Å². The molecule has 0 bridgehead atoms. The monoisotopic (exact) mass is 278 g/mol. The number of aliphatic hydroxyl groups excluding tert-OH is 1. The smallest absolute Gasteiger partial charge is 0.307 e. The minimum absolute atomic E-state index is 0.0531. The molecule has 1 aromatic rings. The molecule has 1 aromatic carbocycles. The predicted octanol–water partition coefficient (Wildman–Crippen LogP) is 2.86. The van der Waals surface area contributed by atoms with Crippen LogP contribution in [0, 0.1) is 0 Å². The van der Waals surface area contributed by atoms with E-state index in [1.54, 1.807) is 13.2 Å². The number of ether oxygens (including phenoxy) is 1. The Kier molecular flexibility index (Phi) is 5.01. The molecule has 0 heterocycles. The van der Waals surface area contributed by atoms with Crippen molar-refractivity contribution >= 4 is 5.97 Å². The van der Waals surface area contributed by atoms with Gasteiger partial charge in [0.15, 0.2) is 0 Å². The number of hydrogen-bond acceptors (Lipinski definition) is 3. The van der Waals surface area contributed by atoms with Crippen molar-refractivity contribution in [3.05, 3.63) is 28.8 Å². The summed E-state index contributed by atoms with van der Waals surface area (Å²) in [6.07, 6.45) is 5.90. The van der Waals surface area contributed by atoms with E-state index in [9.17, 15) is 9.90 Å². The van der Waals surface area contributed by atoms with Gasteiger partial charge in [-0.15, -0.1) is 0 Å². The van der Waals surface area contributed by atoms with Crippen LogP contribution in [0.5, 0.6) is 5.75 Å². The van der Waals surface area contributed by atoms with E-state index in [1.807, 2.05) is 6.07 Å². The third-order valence-corrected chi connectivity index (χ3v) is 4.10. The summed E-state index contributed by atoms with van der Waals surface area (Å²) in [5, 5.41) is 18.5. The van der Waals surface area contributed by atoms with Crippen LogP contribution in [0.1, 0.15) is 54.7 Å². The fraction of sp³-hybridized carbons (Fsp3) is 0.562. The van der Waals surface area contributed by atoms with Gasteiger partial charge < -0.3 is 14.9 Å². The van der Waals surface area contributed by atoms with E-state index in [-0.39, 0.29) is 13.0 Å². The molecule has 0 atom stereocenters. The second-order valence-electron chi connectivity index (χ2n) is 5.43. The average molecular weight is 278 g/mol. The van der Waals surface area contributed by atoms with Crippen LogP contribution < -0.4 is 4.74 Å². The first-order valence-electron chi connectivity index (χ1n) is 7.18. The Balaban J connectivity index is 2.37. The van der Waals surface area contributed by atoms with E-state index in [2.05, 4.69) is 0 Å². The highest BCUT2D eigenvalue weighted by molar-refractivity contribution is 5.71. The topological polar surface area (TPSA) is 66.8 Å². The maximum absolute atomic E-state index is 10.9. The average Bonchev–Trinajstić information content (AvgIpc) is 2.47. The number of benzene rings is 1. The minimum Gasteiger partial charge on any atom is -0.496 e. The molecule has 1 fully saturated rings. The summed E-state index contributed by atoms with van der Waals surface area (Å²) in [5.41, 5.74) is 2.59. The quantitative estimate of drug-likeness (QED) is 0.869. The highest BCUT2D eigenvalue weighted by Gasteiger charge is 2.21. The molecule has 20 heavy (non-hydrogen) atoms. The van der Waals surface area contributed by atoms with Crippen LogP contribution in [0.3, 0.4) is 0 Å². The third-order valence-electron chi connectivity index (χ3n) is 4.10. The second kappa shape index (κ2) is 6.75. The van der Waals surface area contributed by atoms with E-state index >= 15 is 0 Å². The Labute approximate surface area is 119 Å². The normalized spacial score (nSPS) is 16.1. The number of carboxylic acid groups (broad SMARTS) is 1. The van der Waals surface area contributed by atoms with Crippen LogP contribution in [0.2, 0.25) is 0 Å². The molecule has 0 spiro atoms. The lowest BCUT2D eigenvalue weighted by Crippen LogP contribution is -2.10. The van der Waals surface area contributed by atoms with Gasteiger partial charge >= 0.3 is 5.97 Å². The van der Waals surface area contributed by atoms with Crippen molar-refractivity contribution in [3.8, 4) is 5.75 Å². The Bertz CT molecular complexity index is 476. The summed E-state index contributed by atoms with van der Waals surface area (Å²) in [6.45, 7) is -0.0531. The van der Waals surface area contributed by atoms with Crippen LogP contribution in [0.4, 0.5) is 0 Å². The van der Waals surface area contributed by atoms with Crippen molar-refractivity contribution in [2.24, 2.45) is 0 Å². The van der Waals surface area contributed by atoms with E-state index in [0.717, 1.165) is 24.0 Å². The molecule has 0 aromatic heterocycles. The molecule has 2 rings (SSSR count). The molecule has 0 aliphatic heterocycles. The first-order chi connectivity index (χ1) is 9.65. The molecule has 1 aliphatic rings. The largest absolute Gasteiger partial charge is 0.496 e. The summed E-state index contributed by atoms with van der Waals surface area (Å²) >= 11 is 0. The minimum atomic E-state index is -0.891. The number of aliphatic carboxylic acids is 1. The van der Waals surface area contributed by atoms with Gasteiger partial charge in [0.1, 0.15) is 5.75 Å². The van der Waals surface area contributed by atoms with Crippen molar-refractivity contribution in [1.29, 1.82) is 0 Å². The van der Waals surface area contributed by atoms with Crippen molar-refractivity contribution in [3.63, 3.8) is 0 Å². The van der Waals surface area contributed by atoms with Gasteiger partial charge in [0.25, 0.3) is 0 Å². The molecule has 0 saturated heterocycles. The number of carbonyl (C=O) groups is 1. The second-order valence-corrected chi connectivity index (χ2v) is 5.43. The number of carboxylic acids is 1.